The summed E-state index contributed by atoms with van der Waals surface area (Å²) in [4.78, 5) is 24.2. The van der Waals surface area contributed by atoms with Crippen molar-refractivity contribution in [3.63, 3.8) is 0 Å². The summed E-state index contributed by atoms with van der Waals surface area (Å²) in [5.41, 5.74) is 5.94. The van der Waals surface area contributed by atoms with Crippen molar-refractivity contribution in [3.8, 4) is 11.4 Å². The van der Waals surface area contributed by atoms with Gasteiger partial charge in [0, 0.05) is 23.6 Å². The quantitative estimate of drug-likeness (QED) is 0.632. The Morgan fingerprint density at radius 2 is 1.56 bits per heavy atom. The van der Waals surface area contributed by atoms with E-state index >= 15 is 0 Å². The van der Waals surface area contributed by atoms with Crippen LogP contribution in [0.25, 0.3) is 5.69 Å². The van der Waals surface area contributed by atoms with Gasteiger partial charge in [0.05, 0.1) is 10.6 Å². The second kappa shape index (κ2) is 7.11. The average molecular weight is 356 g/mol. The molecule has 0 aliphatic carbocycles. The lowest BCUT2D eigenvalue weighted by Gasteiger charge is -2.09. The highest BCUT2D eigenvalue weighted by Crippen LogP contribution is 2.20. The molecule has 0 fully saturated rings. The summed E-state index contributed by atoms with van der Waals surface area (Å²) in [5, 5.41) is 9.59. The standard InChI is InChI=1S/C18H14ClN3O3/c19-16-8-7-14(23)11-15(16)18(25)21-20-17(24)12-3-5-13(6-4-12)22-9-1-2-10-22/h1-11,23H,(H,20,24)(H,21,25). The molecule has 0 atom stereocenters. The summed E-state index contributed by atoms with van der Waals surface area (Å²) in [6.45, 7) is 0. The van der Waals surface area contributed by atoms with Gasteiger partial charge in [-0.1, -0.05) is 11.6 Å². The number of phenols is 1. The molecular formula is C18H14ClN3O3. The van der Waals surface area contributed by atoms with Gasteiger partial charge in [0.2, 0.25) is 0 Å². The Morgan fingerprint density at radius 3 is 2.24 bits per heavy atom. The summed E-state index contributed by atoms with van der Waals surface area (Å²) in [6.07, 6.45) is 3.79. The highest BCUT2D eigenvalue weighted by molar-refractivity contribution is 6.33. The molecular weight excluding hydrogens is 342 g/mol. The number of carbonyl (C=O) groups is 2. The predicted octanol–water partition coefficient (Wildman–Crippen LogP) is 2.91. The Kier molecular flexibility index (Phi) is 4.72. The minimum Gasteiger partial charge on any atom is -0.508 e. The molecule has 25 heavy (non-hydrogen) atoms. The molecule has 0 saturated carbocycles. The van der Waals surface area contributed by atoms with E-state index in [1.54, 1.807) is 24.3 Å². The van der Waals surface area contributed by atoms with Gasteiger partial charge in [0.15, 0.2) is 0 Å². The lowest BCUT2D eigenvalue weighted by atomic mass is 10.2. The third-order valence-electron chi connectivity index (χ3n) is 3.52. The van der Waals surface area contributed by atoms with Gasteiger partial charge in [-0.15, -0.1) is 0 Å². The predicted molar refractivity (Wildman–Crippen MR) is 93.8 cm³/mol. The SMILES string of the molecule is O=C(NNC(=O)c1cc(O)ccc1Cl)c1ccc(-n2cccc2)cc1. The molecule has 2 aromatic carbocycles. The van der Waals surface area contributed by atoms with Crippen molar-refractivity contribution in [3.05, 3.63) is 83.1 Å². The monoisotopic (exact) mass is 355 g/mol. The maximum absolute atomic E-state index is 12.1. The third kappa shape index (κ3) is 3.81. The maximum Gasteiger partial charge on any atom is 0.271 e. The van der Waals surface area contributed by atoms with E-state index in [4.69, 9.17) is 11.6 Å². The van der Waals surface area contributed by atoms with Gasteiger partial charge >= 0.3 is 0 Å². The van der Waals surface area contributed by atoms with Crippen LogP contribution in [-0.2, 0) is 0 Å². The molecule has 0 aliphatic heterocycles. The molecule has 3 rings (SSSR count). The van der Waals surface area contributed by atoms with Crippen molar-refractivity contribution in [1.29, 1.82) is 0 Å². The number of benzene rings is 2. The zero-order valence-corrected chi connectivity index (χ0v) is 13.7. The summed E-state index contributed by atoms with van der Waals surface area (Å²) >= 11 is 5.90. The zero-order chi connectivity index (χ0) is 17.8. The van der Waals surface area contributed by atoms with Gasteiger partial charge in [-0.3, -0.25) is 20.4 Å². The number of phenolic OH excluding ortho intramolecular Hbond substituents is 1. The van der Waals surface area contributed by atoms with Gasteiger partial charge in [0.25, 0.3) is 11.8 Å². The number of carbonyl (C=O) groups excluding carboxylic acids is 2. The lowest BCUT2D eigenvalue weighted by Crippen LogP contribution is -2.41. The van der Waals surface area contributed by atoms with Crippen LogP contribution in [0, 0.1) is 0 Å². The van der Waals surface area contributed by atoms with Crippen molar-refractivity contribution < 1.29 is 14.7 Å². The van der Waals surface area contributed by atoms with Crippen LogP contribution in [-0.4, -0.2) is 21.5 Å². The first-order valence-electron chi connectivity index (χ1n) is 7.37. The van der Waals surface area contributed by atoms with Crippen LogP contribution in [0.15, 0.2) is 67.0 Å². The van der Waals surface area contributed by atoms with Crippen LogP contribution in [0.3, 0.4) is 0 Å². The number of nitrogens with zero attached hydrogens (tertiary/aromatic N) is 1. The van der Waals surface area contributed by atoms with Gasteiger partial charge in [-0.2, -0.15) is 0 Å². The van der Waals surface area contributed by atoms with E-state index < -0.39 is 11.8 Å². The third-order valence-corrected chi connectivity index (χ3v) is 3.85. The Hall–Kier alpha value is -3.25. The number of hydrogen-bond acceptors (Lipinski definition) is 3. The number of nitrogens with one attached hydrogen (secondary N) is 2. The lowest BCUT2D eigenvalue weighted by molar-refractivity contribution is 0.0846. The molecule has 126 valence electrons. The molecule has 6 nitrogen and oxygen atoms in total. The zero-order valence-electron chi connectivity index (χ0n) is 12.9. The molecule has 1 aromatic heterocycles. The summed E-state index contributed by atoms with van der Waals surface area (Å²) < 4.78 is 1.91. The molecule has 0 aliphatic rings. The molecule has 0 bridgehead atoms. The molecule has 0 unspecified atom stereocenters. The van der Waals surface area contributed by atoms with E-state index in [0.29, 0.717) is 5.56 Å². The number of halogens is 1. The minimum atomic E-state index is -0.627. The molecule has 0 saturated heterocycles. The molecule has 0 spiro atoms. The molecule has 3 N–H and O–H groups in total. The van der Waals surface area contributed by atoms with Crippen LogP contribution >= 0.6 is 11.6 Å². The molecule has 7 heteroatoms. The number of aromatic nitrogens is 1. The smallest absolute Gasteiger partial charge is 0.271 e. The van der Waals surface area contributed by atoms with Gasteiger partial charge < -0.3 is 9.67 Å². The van der Waals surface area contributed by atoms with Crippen molar-refractivity contribution >= 4 is 23.4 Å². The fourth-order valence-corrected chi connectivity index (χ4v) is 2.44. The van der Waals surface area contributed by atoms with Crippen LogP contribution in [0.4, 0.5) is 0 Å². The van der Waals surface area contributed by atoms with E-state index in [1.807, 2.05) is 29.1 Å². The summed E-state index contributed by atoms with van der Waals surface area (Å²) in [6, 6.07) is 14.7. The van der Waals surface area contributed by atoms with E-state index in [9.17, 15) is 14.7 Å². The largest absolute Gasteiger partial charge is 0.508 e. The second-order valence-electron chi connectivity index (χ2n) is 5.21. The van der Waals surface area contributed by atoms with Gasteiger partial charge in [-0.05, 0) is 54.6 Å². The molecule has 1 heterocycles. The number of aromatic hydroxyl groups is 1. The van der Waals surface area contributed by atoms with Crippen LogP contribution in [0.1, 0.15) is 20.7 Å². The first-order valence-corrected chi connectivity index (χ1v) is 7.75. The van der Waals surface area contributed by atoms with Crippen molar-refractivity contribution in [2.45, 2.75) is 0 Å². The van der Waals surface area contributed by atoms with Crippen molar-refractivity contribution in [2.24, 2.45) is 0 Å². The fraction of sp³-hybridized carbons (Fsp3) is 0. The Morgan fingerprint density at radius 1 is 0.920 bits per heavy atom. The number of amides is 2. The normalized spacial score (nSPS) is 10.3. The van der Waals surface area contributed by atoms with Crippen molar-refractivity contribution in [2.75, 3.05) is 0 Å². The number of hydrogen-bond donors (Lipinski definition) is 3. The maximum atomic E-state index is 12.1. The minimum absolute atomic E-state index is 0.0601. The first-order chi connectivity index (χ1) is 12.0. The Balaban J connectivity index is 1.64. The van der Waals surface area contributed by atoms with Crippen molar-refractivity contribution in [1.82, 2.24) is 15.4 Å². The highest BCUT2D eigenvalue weighted by Gasteiger charge is 2.13. The summed E-state index contributed by atoms with van der Waals surface area (Å²) in [5.74, 6) is -1.19. The van der Waals surface area contributed by atoms with Crippen LogP contribution in [0.2, 0.25) is 5.02 Å². The Bertz CT molecular complexity index is 906. The van der Waals surface area contributed by atoms with Gasteiger partial charge in [0.1, 0.15) is 5.75 Å². The van der Waals surface area contributed by atoms with E-state index in [0.717, 1.165) is 5.69 Å². The molecule has 2 amide bonds. The molecule has 3 aromatic rings. The topological polar surface area (TPSA) is 83.4 Å². The van der Waals surface area contributed by atoms with Crippen LogP contribution in [0.5, 0.6) is 5.75 Å². The molecule has 0 radical (unpaired) electrons. The Labute approximate surface area is 148 Å². The van der Waals surface area contributed by atoms with E-state index in [2.05, 4.69) is 10.9 Å². The second-order valence-corrected chi connectivity index (χ2v) is 5.62. The van der Waals surface area contributed by atoms with Crippen LogP contribution < -0.4 is 10.9 Å². The first kappa shape index (κ1) is 16.6. The average Bonchev–Trinajstić information content (AvgIpc) is 3.16. The number of hydrazine groups is 1. The highest BCUT2D eigenvalue weighted by atomic mass is 35.5. The van der Waals surface area contributed by atoms with E-state index in [-0.39, 0.29) is 16.3 Å². The van der Waals surface area contributed by atoms with Gasteiger partial charge in [-0.25, -0.2) is 0 Å². The number of rotatable bonds is 3. The fourth-order valence-electron chi connectivity index (χ4n) is 2.23. The van der Waals surface area contributed by atoms with E-state index in [1.165, 1.54) is 18.2 Å². The summed E-state index contributed by atoms with van der Waals surface area (Å²) in [7, 11) is 0.